The van der Waals surface area contributed by atoms with Gasteiger partial charge in [0.05, 0.1) is 23.3 Å². The summed E-state index contributed by atoms with van der Waals surface area (Å²) < 4.78 is 0. The van der Waals surface area contributed by atoms with Gasteiger partial charge in [-0.05, 0) is 49.9 Å². The molecule has 0 spiro atoms. The first kappa shape index (κ1) is 36.0. The van der Waals surface area contributed by atoms with E-state index in [1.807, 2.05) is 12.4 Å². The van der Waals surface area contributed by atoms with E-state index in [2.05, 4.69) is 152 Å². The van der Waals surface area contributed by atoms with Crippen molar-refractivity contribution in [2.45, 2.75) is 103 Å². The lowest BCUT2D eigenvalue weighted by atomic mass is 9.67. The predicted octanol–water partition coefficient (Wildman–Crippen LogP) is 10.1. The summed E-state index contributed by atoms with van der Waals surface area (Å²) >= 11 is 0. The van der Waals surface area contributed by atoms with Crippen molar-refractivity contribution in [2.24, 2.45) is 0 Å². The molecular weight excluding hydrogens is 622 g/mol. The van der Waals surface area contributed by atoms with Crippen LogP contribution in [0.1, 0.15) is 103 Å². The van der Waals surface area contributed by atoms with Crippen molar-refractivity contribution in [2.75, 3.05) is 0 Å². The van der Waals surface area contributed by atoms with Crippen LogP contribution in [0.3, 0.4) is 0 Å². The molecule has 0 unspecified atom stereocenters. The minimum absolute atomic E-state index is 0.183. The molecule has 0 amide bonds. The van der Waals surface area contributed by atoms with E-state index < -0.39 is 15.8 Å². The lowest BCUT2D eigenvalue weighted by Crippen LogP contribution is -2.30. The SMILES string of the molecule is CC(C)(c1ccccc1)c1cc(CP(c2cnccn2)c2cnccn2)c(CP(C(C)(C)C)C(C)(C)C)cc1C(C)(C)c1ccccc1. The molecule has 0 N–H and O–H groups in total. The van der Waals surface area contributed by atoms with Crippen molar-refractivity contribution in [3.05, 3.63) is 143 Å². The first-order valence-corrected chi connectivity index (χ1v) is 20.0. The molecular formula is C42H52N4P2. The molecule has 250 valence electrons. The van der Waals surface area contributed by atoms with Gasteiger partial charge in [-0.25, -0.2) is 0 Å². The molecule has 4 nitrogen and oxygen atoms in total. The van der Waals surface area contributed by atoms with Gasteiger partial charge in [0.15, 0.2) is 0 Å². The van der Waals surface area contributed by atoms with Gasteiger partial charge < -0.3 is 0 Å². The lowest BCUT2D eigenvalue weighted by Gasteiger charge is -2.43. The molecule has 0 saturated heterocycles. The number of hydrogen-bond donors (Lipinski definition) is 0. The van der Waals surface area contributed by atoms with Crippen LogP contribution < -0.4 is 10.9 Å². The highest BCUT2D eigenvalue weighted by Gasteiger charge is 2.38. The summed E-state index contributed by atoms with van der Waals surface area (Å²) in [4.78, 5) is 18.7. The summed E-state index contributed by atoms with van der Waals surface area (Å²) in [5, 5.41) is 0.366. The molecule has 0 aliphatic rings. The van der Waals surface area contributed by atoms with Crippen LogP contribution in [0.4, 0.5) is 0 Å². The van der Waals surface area contributed by atoms with E-state index in [-0.39, 0.29) is 21.1 Å². The van der Waals surface area contributed by atoms with Gasteiger partial charge in [0.2, 0.25) is 0 Å². The van der Waals surface area contributed by atoms with Crippen molar-refractivity contribution >= 4 is 26.7 Å². The zero-order valence-electron chi connectivity index (χ0n) is 30.5. The summed E-state index contributed by atoms with van der Waals surface area (Å²) in [6.45, 7) is 24.1. The fraction of sp³-hybridized carbons (Fsp3) is 0.381. The standard InChI is InChI=1S/C42H52N4P2/c1-39(2,3)48(40(4,5)6)30-32-26-36(42(9,10)34-19-15-12-16-20-34)35(41(7,8)33-17-13-11-14-18-33)25-31(32)29-47(37-27-43-21-23-45-37)38-28-44-22-24-46-38/h11-28H,29-30H2,1-10H3. The quantitative estimate of drug-likeness (QED) is 0.138. The lowest BCUT2D eigenvalue weighted by molar-refractivity contribution is 0.577. The van der Waals surface area contributed by atoms with E-state index in [1.165, 1.54) is 33.4 Å². The summed E-state index contributed by atoms with van der Waals surface area (Å²) in [7, 11) is -1.35. The maximum atomic E-state index is 4.84. The maximum Gasteiger partial charge on any atom is 0.0877 e. The van der Waals surface area contributed by atoms with Crippen LogP contribution in [0.15, 0.2) is 110 Å². The highest BCUT2D eigenvalue weighted by atomic mass is 31.1. The average molecular weight is 675 g/mol. The van der Waals surface area contributed by atoms with Crippen molar-refractivity contribution in [3.63, 3.8) is 0 Å². The second kappa shape index (κ2) is 14.3. The fourth-order valence-electron chi connectivity index (χ4n) is 7.00. The van der Waals surface area contributed by atoms with Gasteiger partial charge in [-0.1, -0.05) is 150 Å². The first-order chi connectivity index (χ1) is 22.6. The Morgan fingerprint density at radius 2 is 0.896 bits per heavy atom. The fourth-order valence-corrected chi connectivity index (χ4v) is 12.6. The molecule has 0 fully saturated rings. The third kappa shape index (κ3) is 7.93. The monoisotopic (exact) mass is 674 g/mol. The molecule has 2 aromatic heterocycles. The molecule has 3 aromatic carbocycles. The molecule has 48 heavy (non-hydrogen) atoms. The van der Waals surface area contributed by atoms with E-state index >= 15 is 0 Å². The molecule has 0 bridgehead atoms. The highest BCUT2D eigenvalue weighted by Crippen LogP contribution is 2.62. The van der Waals surface area contributed by atoms with Gasteiger partial charge in [0.25, 0.3) is 0 Å². The Hall–Kier alpha value is -3.32. The molecule has 0 atom stereocenters. The minimum Gasteiger partial charge on any atom is -0.261 e. The van der Waals surface area contributed by atoms with Gasteiger partial charge in [-0.2, -0.15) is 0 Å². The summed E-state index contributed by atoms with van der Waals surface area (Å²) in [5.74, 6) is 0. The van der Waals surface area contributed by atoms with Gasteiger partial charge >= 0.3 is 0 Å². The maximum absolute atomic E-state index is 4.84. The van der Waals surface area contributed by atoms with E-state index in [1.54, 1.807) is 24.8 Å². The Morgan fingerprint density at radius 1 is 0.500 bits per heavy atom. The van der Waals surface area contributed by atoms with Crippen LogP contribution >= 0.6 is 15.8 Å². The molecule has 0 aliphatic carbocycles. The van der Waals surface area contributed by atoms with Crippen LogP contribution in [0.5, 0.6) is 0 Å². The molecule has 0 aliphatic heterocycles. The minimum atomic E-state index is -0.949. The summed E-state index contributed by atoms with van der Waals surface area (Å²) in [6.07, 6.45) is 12.8. The third-order valence-electron chi connectivity index (χ3n) is 9.61. The van der Waals surface area contributed by atoms with Crippen LogP contribution in [0.25, 0.3) is 0 Å². The van der Waals surface area contributed by atoms with Crippen LogP contribution in [-0.2, 0) is 23.2 Å². The van der Waals surface area contributed by atoms with Crippen molar-refractivity contribution < 1.29 is 0 Å². The Bertz CT molecular complexity index is 1720. The summed E-state index contributed by atoms with van der Waals surface area (Å²) in [5.41, 5.74) is 9.71. The molecule has 0 radical (unpaired) electrons. The summed E-state index contributed by atoms with van der Waals surface area (Å²) in [6, 6.07) is 27.2. The number of benzene rings is 3. The Labute approximate surface area is 291 Å². The zero-order chi connectivity index (χ0) is 34.7. The van der Waals surface area contributed by atoms with E-state index in [0.29, 0.717) is 0 Å². The van der Waals surface area contributed by atoms with Gasteiger partial charge in [0, 0.05) is 49.7 Å². The number of hydrogen-bond acceptors (Lipinski definition) is 4. The highest BCUT2D eigenvalue weighted by molar-refractivity contribution is 7.71. The van der Waals surface area contributed by atoms with E-state index in [0.717, 1.165) is 23.2 Å². The van der Waals surface area contributed by atoms with E-state index in [4.69, 9.17) is 9.97 Å². The second-order valence-electron chi connectivity index (χ2n) is 15.8. The van der Waals surface area contributed by atoms with E-state index in [9.17, 15) is 0 Å². The Balaban J connectivity index is 1.82. The van der Waals surface area contributed by atoms with Crippen molar-refractivity contribution in [1.29, 1.82) is 0 Å². The van der Waals surface area contributed by atoms with Crippen LogP contribution in [0, 0.1) is 0 Å². The van der Waals surface area contributed by atoms with Crippen LogP contribution in [-0.4, -0.2) is 30.2 Å². The Kier molecular flexibility index (Phi) is 10.7. The average Bonchev–Trinajstić information content (AvgIpc) is 3.06. The second-order valence-corrected chi connectivity index (χ2v) is 21.7. The Morgan fingerprint density at radius 3 is 1.25 bits per heavy atom. The number of rotatable bonds is 10. The van der Waals surface area contributed by atoms with Gasteiger partial charge in [-0.3, -0.25) is 19.9 Å². The molecule has 0 saturated carbocycles. The van der Waals surface area contributed by atoms with Crippen molar-refractivity contribution in [1.82, 2.24) is 19.9 Å². The van der Waals surface area contributed by atoms with Crippen molar-refractivity contribution in [3.8, 4) is 0 Å². The smallest absolute Gasteiger partial charge is 0.0877 e. The largest absolute Gasteiger partial charge is 0.261 e. The third-order valence-corrected chi connectivity index (χ3v) is 15.7. The topological polar surface area (TPSA) is 51.6 Å². The molecule has 2 heterocycles. The zero-order valence-corrected chi connectivity index (χ0v) is 32.3. The molecule has 5 aromatic rings. The number of nitrogens with zero attached hydrogens (tertiary/aromatic N) is 4. The normalized spacial score (nSPS) is 12.9. The van der Waals surface area contributed by atoms with Gasteiger partial charge in [0.1, 0.15) is 0 Å². The van der Waals surface area contributed by atoms with Gasteiger partial charge in [-0.15, -0.1) is 0 Å². The predicted molar refractivity (Wildman–Crippen MR) is 208 cm³/mol. The molecule has 5 rings (SSSR count). The van der Waals surface area contributed by atoms with Crippen LogP contribution in [0.2, 0.25) is 0 Å². The molecule has 6 heteroatoms. The number of aromatic nitrogens is 4. The first-order valence-electron chi connectivity index (χ1n) is 17.0.